The molecule has 0 radical (unpaired) electrons. The zero-order chi connectivity index (χ0) is 56.2. The van der Waals surface area contributed by atoms with Crippen molar-refractivity contribution in [2.24, 2.45) is 0 Å². The molecule has 0 atom stereocenters. The van der Waals surface area contributed by atoms with E-state index < -0.39 is 0 Å². The molecule has 0 aliphatic carbocycles. The number of benzene rings is 11. The Morgan fingerprint density at radius 2 is 0.833 bits per heavy atom. The Kier molecular flexibility index (Phi) is 10.6. The first-order chi connectivity index (χ1) is 41.1. The highest BCUT2D eigenvalue weighted by molar-refractivity contribution is 7.04. The maximum atomic E-state index is 7.65. The monoisotopic (exact) mass is 1080 g/mol. The molecule has 11 aromatic carbocycles. The Labute approximate surface area is 490 Å². The van der Waals surface area contributed by atoms with Crippen LogP contribution in [0.4, 0.5) is 51.2 Å². The van der Waals surface area contributed by atoms with E-state index in [4.69, 9.17) is 18.9 Å². The van der Waals surface area contributed by atoms with E-state index in [2.05, 4.69) is 256 Å². The average Bonchev–Trinajstić information content (AvgIpc) is 0.760. The number of anilines is 9. The molecule has 0 N–H and O–H groups in total. The lowest BCUT2D eigenvalue weighted by atomic mass is 9.29. The normalized spacial score (nSPS) is 13.7. The summed E-state index contributed by atoms with van der Waals surface area (Å²) in [5.74, 6) is 6.56. The summed E-state index contributed by atoms with van der Waals surface area (Å²) >= 11 is 0. The summed E-state index contributed by atoms with van der Waals surface area (Å²) in [5, 5.41) is 0. The van der Waals surface area contributed by atoms with Crippen molar-refractivity contribution in [3.05, 3.63) is 252 Å². The van der Waals surface area contributed by atoms with Crippen LogP contribution >= 0.6 is 0 Å². The van der Waals surface area contributed by atoms with Gasteiger partial charge in [-0.2, -0.15) is 0 Å². The van der Waals surface area contributed by atoms with Crippen LogP contribution in [0.25, 0.3) is 0 Å². The highest BCUT2D eigenvalue weighted by Crippen LogP contribution is 2.52. The summed E-state index contributed by atoms with van der Waals surface area (Å²) < 4.78 is 28.9. The molecule has 17 rings (SSSR count). The zero-order valence-corrected chi connectivity index (χ0v) is 47.3. The predicted octanol–water partition coefficient (Wildman–Crippen LogP) is 13.0. The van der Waals surface area contributed by atoms with Crippen molar-refractivity contribution in [3.8, 4) is 46.0 Å². The zero-order valence-electron chi connectivity index (χ0n) is 47.3. The van der Waals surface area contributed by atoms with Gasteiger partial charge < -0.3 is 33.6 Å². The van der Waals surface area contributed by atoms with Crippen LogP contribution < -0.4 is 82.8 Å². The molecule has 6 aliphatic heterocycles. The molecule has 0 amide bonds. The van der Waals surface area contributed by atoms with Crippen LogP contribution in [-0.4, -0.2) is 20.1 Å². The van der Waals surface area contributed by atoms with Gasteiger partial charge in [0.05, 0.1) is 5.69 Å². The standard InChI is InChI=1S/C74H54B3N3O4/c1-7-19-48-33-45(4)36-50(37-48)78(49-34-43(2)32-44(3)35-49)51-38-60-70-61(39-51)80(58-26-14-9-21-47(58)6)62-42-69-73-74(84-65-29-17-12-24-54(65)75(73)52-22-10-16-28-64(52)82-69)71(62)77(70)55-40-56-68(41-59(55)79(60)57-25-13-8-20-46(57)5)83-67-31-18-30-66-72(67)76(56)53-23-11-15-27-63(53)81-66/h7-18,20-42H,1,19H2,2-6H3. The van der Waals surface area contributed by atoms with Gasteiger partial charge in [-0.1, -0.05) is 121 Å². The van der Waals surface area contributed by atoms with Gasteiger partial charge in [-0.25, -0.2) is 0 Å². The van der Waals surface area contributed by atoms with Gasteiger partial charge in [0.25, 0.3) is 20.1 Å². The molecule has 11 aromatic rings. The number of aryl methyl sites for hydroxylation is 5. The first kappa shape index (κ1) is 48.6. The van der Waals surface area contributed by atoms with E-state index in [1.807, 2.05) is 12.1 Å². The molecule has 0 spiro atoms. The summed E-state index contributed by atoms with van der Waals surface area (Å²) in [5.41, 5.74) is 26.3. The Hall–Kier alpha value is -10.0. The molecule has 0 unspecified atom stereocenters. The third-order valence-electron chi connectivity index (χ3n) is 18.1. The number of ether oxygens (including phenoxy) is 4. The molecule has 6 aliphatic rings. The van der Waals surface area contributed by atoms with Crippen molar-refractivity contribution in [3.63, 3.8) is 0 Å². The second-order valence-corrected chi connectivity index (χ2v) is 23.5. The molecule has 0 bridgehead atoms. The quantitative estimate of drug-likeness (QED) is 0.116. The van der Waals surface area contributed by atoms with Gasteiger partial charge in [0.2, 0.25) is 0 Å². The second-order valence-electron chi connectivity index (χ2n) is 23.5. The summed E-state index contributed by atoms with van der Waals surface area (Å²) in [7, 11) is 0. The Morgan fingerprint density at radius 1 is 0.357 bits per heavy atom. The lowest BCUT2D eigenvalue weighted by Crippen LogP contribution is -2.66. The number of rotatable bonds is 7. The molecule has 398 valence electrons. The van der Waals surface area contributed by atoms with Crippen LogP contribution in [0.3, 0.4) is 0 Å². The summed E-state index contributed by atoms with van der Waals surface area (Å²) in [6, 6.07) is 75.3. The molecule has 84 heavy (non-hydrogen) atoms. The van der Waals surface area contributed by atoms with Gasteiger partial charge in [0, 0.05) is 68.6 Å². The summed E-state index contributed by atoms with van der Waals surface area (Å²) in [6.07, 6.45) is 2.74. The van der Waals surface area contributed by atoms with Crippen LogP contribution in [0, 0.1) is 34.6 Å². The highest BCUT2D eigenvalue weighted by Gasteiger charge is 2.52. The average molecular weight is 1080 g/mol. The number of hydrogen-bond donors (Lipinski definition) is 0. The molecule has 0 saturated heterocycles. The van der Waals surface area contributed by atoms with Gasteiger partial charge in [-0.3, -0.25) is 0 Å². The number of hydrogen-bond acceptors (Lipinski definition) is 7. The molecule has 0 fully saturated rings. The van der Waals surface area contributed by atoms with E-state index in [-0.39, 0.29) is 20.1 Å². The van der Waals surface area contributed by atoms with Gasteiger partial charge in [-0.15, -0.1) is 6.58 Å². The summed E-state index contributed by atoms with van der Waals surface area (Å²) in [6.45, 7) is 14.6. The maximum absolute atomic E-state index is 7.65. The van der Waals surface area contributed by atoms with Gasteiger partial charge in [0.1, 0.15) is 46.0 Å². The molecular weight excluding hydrogens is 1030 g/mol. The Balaban J connectivity index is 1.04. The van der Waals surface area contributed by atoms with Crippen LogP contribution in [0.1, 0.15) is 33.4 Å². The van der Waals surface area contributed by atoms with Gasteiger partial charge in [0.15, 0.2) is 0 Å². The fourth-order valence-corrected chi connectivity index (χ4v) is 14.8. The molecule has 0 saturated carbocycles. The SMILES string of the molecule is C=CCc1cc(C)cc(N(c2cc(C)cc(C)c2)c2cc3c4c(c2)N(c2ccccc2C)c2cc5c6c(c2B4c2cc4c(cc2N3c2ccccc2C)Oc2cccc3c2B4c2ccccc2O3)Oc2ccccc2B6c2ccccc2O5)c1. The first-order valence-electron chi connectivity index (χ1n) is 29.1. The number of nitrogens with zero attached hydrogens (tertiary/aromatic N) is 3. The minimum atomic E-state index is -0.372. The van der Waals surface area contributed by atoms with Crippen LogP contribution in [0.5, 0.6) is 46.0 Å². The lowest BCUT2D eigenvalue weighted by Gasteiger charge is -2.47. The third-order valence-corrected chi connectivity index (χ3v) is 18.1. The molecular formula is C74H54B3N3O4. The number of para-hydroxylation sites is 5. The van der Waals surface area contributed by atoms with Crippen molar-refractivity contribution in [1.82, 2.24) is 0 Å². The summed E-state index contributed by atoms with van der Waals surface area (Å²) in [4.78, 5) is 7.51. The molecule has 7 nitrogen and oxygen atoms in total. The van der Waals surface area contributed by atoms with E-state index in [1.54, 1.807) is 0 Å². The smallest absolute Gasteiger partial charge is 0.260 e. The number of allylic oxidation sites excluding steroid dienone is 1. The first-order valence-corrected chi connectivity index (χ1v) is 29.1. The van der Waals surface area contributed by atoms with E-state index >= 15 is 0 Å². The topological polar surface area (TPSA) is 46.6 Å². The minimum Gasteiger partial charge on any atom is -0.459 e. The van der Waals surface area contributed by atoms with Crippen molar-refractivity contribution in [2.45, 2.75) is 41.0 Å². The highest BCUT2D eigenvalue weighted by atomic mass is 16.5. The van der Waals surface area contributed by atoms with E-state index in [1.165, 1.54) is 27.7 Å². The largest absolute Gasteiger partial charge is 0.459 e. The molecule has 10 heteroatoms. The van der Waals surface area contributed by atoms with Crippen LogP contribution in [0.2, 0.25) is 0 Å². The van der Waals surface area contributed by atoms with Crippen molar-refractivity contribution in [1.29, 1.82) is 0 Å². The van der Waals surface area contributed by atoms with Crippen LogP contribution in [-0.2, 0) is 6.42 Å². The Bertz CT molecular complexity index is 4660. The van der Waals surface area contributed by atoms with Crippen LogP contribution in [0.15, 0.2) is 219 Å². The Morgan fingerprint density at radius 3 is 1.45 bits per heavy atom. The minimum absolute atomic E-state index is 0.144. The fraction of sp³-hybridized carbons (Fsp3) is 0.0811. The van der Waals surface area contributed by atoms with Gasteiger partial charge >= 0.3 is 0 Å². The van der Waals surface area contributed by atoms with E-state index in [9.17, 15) is 0 Å². The van der Waals surface area contributed by atoms with E-state index in [0.717, 1.165) is 158 Å². The predicted molar refractivity (Wildman–Crippen MR) is 348 cm³/mol. The van der Waals surface area contributed by atoms with Crippen molar-refractivity contribution in [2.75, 3.05) is 14.7 Å². The maximum Gasteiger partial charge on any atom is 0.260 e. The lowest BCUT2D eigenvalue weighted by molar-refractivity contribution is 0.464. The number of fused-ring (bicyclic) bond motifs is 13. The fourth-order valence-electron chi connectivity index (χ4n) is 14.8. The third kappa shape index (κ3) is 7.10. The van der Waals surface area contributed by atoms with Gasteiger partial charge in [-0.05, 0) is 192 Å². The molecule has 0 aromatic heterocycles. The van der Waals surface area contributed by atoms with Crippen molar-refractivity contribution < 1.29 is 18.9 Å². The second kappa shape index (κ2) is 18.2. The van der Waals surface area contributed by atoms with Crippen molar-refractivity contribution >= 4 is 120 Å². The molecule has 6 heterocycles. The van der Waals surface area contributed by atoms with E-state index in [0.29, 0.717) is 0 Å².